The van der Waals surface area contributed by atoms with Crippen molar-refractivity contribution in [2.24, 2.45) is 11.7 Å². The molecule has 1 saturated heterocycles. The molecule has 1 spiro atoms. The van der Waals surface area contributed by atoms with Crippen molar-refractivity contribution >= 4 is 35.4 Å². The third kappa shape index (κ3) is 5.15. The molecule has 2 aliphatic rings. The summed E-state index contributed by atoms with van der Waals surface area (Å²) in [5.74, 6) is -2.11. The molecule has 1 fully saturated rings. The number of likely N-dealkylation sites (tertiary alicyclic amines) is 1. The van der Waals surface area contributed by atoms with E-state index in [0.29, 0.717) is 11.4 Å². The summed E-state index contributed by atoms with van der Waals surface area (Å²) in [6, 6.07) is 3.57. The molecule has 5 amide bonds. The molecule has 3 unspecified atom stereocenters. The highest BCUT2D eigenvalue weighted by Gasteiger charge is 2.57. The number of rotatable bonds is 7. The fraction of sp³-hybridized carbons (Fsp3) is 0.522. The molecule has 2 aliphatic heterocycles. The summed E-state index contributed by atoms with van der Waals surface area (Å²) < 4.78 is 6.03. The summed E-state index contributed by atoms with van der Waals surface area (Å²) in [4.78, 5) is 65.4. The maximum atomic E-state index is 13.8. The predicted octanol–water partition coefficient (Wildman–Crippen LogP) is 0.372. The molecular formula is C23H31N5O7. The maximum absolute atomic E-state index is 13.8. The lowest BCUT2D eigenvalue weighted by Crippen LogP contribution is -2.57. The number of amides is 5. The lowest BCUT2D eigenvalue weighted by Gasteiger charge is -2.36. The van der Waals surface area contributed by atoms with E-state index < -0.39 is 53.4 Å². The van der Waals surface area contributed by atoms with Gasteiger partial charge in [0, 0.05) is 13.5 Å². The predicted molar refractivity (Wildman–Crippen MR) is 124 cm³/mol. The fourth-order valence-electron chi connectivity index (χ4n) is 4.52. The molecule has 1 aromatic carbocycles. The van der Waals surface area contributed by atoms with E-state index in [4.69, 9.17) is 15.6 Å². The van der Waals surface area contributed by atoms with Crippen molar-refractivity contribution < 1.29 is 33.8 Å². The number of nitrogens with one attached hydrogen (secondary N) is 2. The monoisotopic (exact) mass is 489 g/mol. The Morgan fingerprint density at radius 1 is 1.29 bits per heavy atom. The van der Waals surface area contributed by atoms with Crippen LogP contribution in [0.5, 0.6) is 5.75 Å². The number of carbonyl (C=O) groups excluding carboxylic acids is 4. The van der Waals surface area contributed by atoms with Gasteiger partial charge in [-0.05, 0) is 31.4 Å². The smallest absolute Gasteiger partial charge is 0.405 e. The molecule has 0 radical (unpaired) electrons. The van der Waals surface area contributed by atoms with E-state index in [-0.39, 0.29) is 25.3 Å². The number of likely N-dealkylation sites (N-methyl/N-ethyl adjacent to an activating group) is 1. The normalized spacial score (nSPS) is 22.6. The average molecular weight is 490 g/mol. The molecule has 0 aromatic heterocycles. The second-order valence-corrected chi connectivity index (χ2v) is 9.40. The molecule has 2 heterocycles. The van der Waals surface area contributed by atoms with E-state index in [2.05, 4.69) is 10.6 Å². The number of anilines is 1. The van der Waals surface area contributed by atoms with Crippen LogP contribution in [-0.4, -0.2) is 81.9 Å². The number of carboxylic acid groups (broad SMARTS) is 1. The number of primary amides is 1. The molecule has 35 heavy (non-hydrogen) atoms. The van der Waals surface area contributed by atoms with Gasteiger partial charge in [-0.25, -0.2) is 4.79 Å². The van der Waals surface area contributed by atoms with E-state index in [0.717, 1.165) is 0 Å². The minimum Gasteiger partial charge on any atom is -0.473 e. The van der Waals surface area contributed by atoms with Crippen molar-refractivity contribution in [2.75, 3.05) is 18.9 Å². The number of hydrogen-bond donors (Lipinski definition) is 4. The van der Waals surface area contributed by atoms with Crippen LogP contribution in [0.3, 0.4) is 0 Å². The first kappa shape index (κ1) is 25.8. The van der Waals surface area contributed by atoms with Crippen molar-refractivity contribution in [2.45, 2.75) is 57.3 Å². The molecule has 3 rings (SSSR count). The quantitative estimate of drug-likeness (QED) is 0.428. The van der Waals surface area contributed by atoms with Crippen LogP contribution in [0.4, 0.5) is 10.5 Å². The Morgan fingerprint density at radius 2 is 1.94 bits per heavy atom. The van der Waals surface area contributed by atoms with Gasteiger partial charge in [-0.2, -0.15) is 0 Å². The first-order valence-corrected chi connectivity index (χ1v) is 11.3. The van der Waals surface area contributed by atoms with Gasteiger partial charge in [0.1, 0.15) is 23.9 Å². The van der Waals surface area contributed by atoms with E-state index >= 15 is 0 Å². The van der Waals surface area contributed by atoms with Crippen molar-refractivity contribution in [1.29, 1.82) is 0 Å². The molecule has 0 saturated carbocycles. The summed E-state index contributed by atoms with van der Waals surface area (Å²) in [6.07, 6.45) is -1.27. The van der Waals surface area contributed by atoms with Crippen LogP contribution in [0.1, 0.15) is 33.6 Å². The number of para-hydroxylation sites is 2. The Morgan fingerprint density at radius 3 is 2.54 bits per heavy atom. The summed E-state index contributed by atoms with van der Waals surface area (Å²) >= 11 is 0. The molecule has 190 valence electrons. The SMILES string of the molecule is CC(C)CC(C(=O)N1CC2(C[C@H]1C(N)=O)Oc1ccccc1NC2=O)N(C)C(=O)C(C)NC(=O)O. The third-order valence-electron chi connectivity index (χ3n) is 6.30. The Labute approximate surface area is 202 Å². The molecular weight excluding hydrogens is 458 g/mol. The van der Waals surface area contributed by atoms with Gasteiger partial charge in [0.05, 0.1) is 12.2 Å². The van der Waals surface area contributed by atoms with Crippen LogP contribution < -0.4 is 21.1 Å². The van der Waals surface area contributed by atoms with Crippen molar-refractivity contribution in [3.63, 3.8) is 0 Å². The largest absolute Gasteiger partial charge is 0.473 e. The number of nitrogens with zero attached hydrogens (tertiary/aromatic N) is 2. The van der Waals surface area contributed by atoms with E-state index in [9.17, 15) is 24.0 Å². The number of carbonyl (C=O) groups is 5. The van der Waals surface area contributed by atoms with Gasteiger partial charge >= 0.3 is 6.09 Å². The second-order valence-electron chi connectivity index (χ2n) is 9.40. The van der Waals surface area contributed by atoms with Crippen LogP contribution in [0, 0.1) is 5.92 Å². The van der Waals surface area contributed by atoms with Gasteiger partial charge in [-0.15, -0.1) is 0 Å². The zero-order chi connectivity index (χ0) is 26.1. The van der Waals surface area contributed by atoms with E-state index in [1.54, 1.807) is 24.3 Å². The minimum atomic E-state index is -1.52. The maximum Gasteiger partial charge on any atom is 0.405 e. The number of fused-ring (bicyclic) bond motifs is 1. The summed E-state index contributed by atoms with van der Waals surface area (Å²) in [6.45, 7) is 4.87. The van der Waals surface area contributed by atoms with Crippen molar-refractivity contribution in [3.8, 4) is 5.75 Å². The lowest BCUT2D eigenvalue weighted by molar-refractivity contribution is -0.148. The topological polar surface area (TPSA) is 171 Å². The van der Waals surface area contributed by atoms with Crippen LogP contribution in [-0.2, 0) is 19.2 Å². The summed E-state index contributed by atoms with van der Waals surface area (Å²) in [5.41, 5.74) is 4.58. The zero-order valence-corrected chi connectivity index (χ0v) is 20.1. The fourth-order valence-corrected chi connectivity index (χ4v) is 4.52. The number of benzene rings is 1. The van der Waals surface area contributed by atoms with Gasteiger partial charge in [0.15, 0.2) is 0 Å². The molecule has 0 aliphatic carbocycles. The molecule has 0 bridgehead atoms. The van der Waals surface area contributed by atoms with Crippen LogP contribution in [0.2, 0.25) is 0 Å². The Hall–Kier alpha value is -3.83. The second kappa shape index (κ2) is 9.80. The van der Waals surface area contributed by atoms with Crippen LogP contribution in [0.15, 0.2) is 24.3 Å². The van der Waals surface area contributed by atoms with Gasteiger partial charge in [-0.1, -0.05) is 26.0 Å². The highest BCUT2D eigenvalue weighted by Crippen LogP contribution is 2.40. The molecule has 1 aromatic rings. The van der Waals surface area contributed by atoms with E-state index in [1.807, 2.05) is 13.8 Å². The standard InChI is InChI=1S/C23H31N5O7/c1-12(2)9-15(27(4)19(30)13(3)25-22(33)34)20(31)28-11-23(10-16(28)18(24)29)21(32)26-14-7-5-6-8-17(14)35-23/h5-8,12-13,15-16,25H,9-11H2,1-4H3,(H2,24,29)(H,26,32)(H,33,34)/t13?,15?,16-,23?/m0/s1. The first-order chi connectivity index (χ1) is 16.4. The third-order valence-corrected chi connectivity index (χ3v) is 6.30. The van der Waals surface area contributed by atoms with Gasteiger partial charge in [0.2, 0.25) is 23.3 Å². The van der Waals surface area contributed by atoms with Gasteiger partial charge < -0.3 is 36.0 Å². The average Bonchev–Trinajstić information content (AvgIpc) is 3.17. The zero-order valence-electron chi connectivity index (χ0n) is 20.1. The first-order valence-electron chi connectivity index (χ1n) is 11.3. The number of nitrogens with two attached hydrogens (primary N) is 1. The molecule has 12 heteroatoms. The Kier molecular flexibility index (Phi) is 7.22. The van der Waals surface area contributed by atoms with E-state index in [1.165, 1.54) is 23.8 Å². The summed E-state index contributed by atoms with van der Waals surface area (Å²) in [7, 11) is 1.40. The minimum absolute atomic E-state index is 0.0216. The molecule has 5 N–H and O–H groups in total. The Balaban J connectivity index is 1.91. The van der Waals surface area contributed by atoms with Gasteiger partial charge in [-0.3, -0.25) is 19.2 Å². The number of hydrogen-bond acceptors (Lipinski definition) is 6. The van der Waals surface area contributed by atoms with Crippen molar-refractivity contribution in [1.82, 2.24) is 15.1 Å². The van der Waals surface area contributed by atoms with Crippen LogP contribution >= 0.6 is 0 Å². The molecule has 4 atom stereocenters. The Bertz CT molecular complexity index is 1040. The van der Waals surface area contributed by atoms with Crippen molar-refractivity contribution in [3.05, 3.63) is 24.3 Å². The number of ether oxygens (including phenoxy) is 1. The highest BCUT2D eigenvalue weighted by molar-refractivity contribution is 6.03. The highest BCUT2D eigenvalue weighted by atomic mass is 16.5. The lowest BCUT2D eigenvalue weighted by atomic mass is 9.96. The molecule has 12 nitrogen and oxygen atoms in total. The van der Waals surface area contributed by atoms with Crippen LogP contribution in [0.25, 0.3) is 0 Å². The summed E-state index contributed by atoms with van der Waals surface area (Å²) in [5, 5.41) is 13.8. The van der Waals surface area contributed by atoms with Gasteiger partial charge in [0.25, 0.3) is 5.91 Å².